The van der Waals surface area contributed by atoms with Crippen LogP contribution in [0.5, 0.6) is 0 Å². The molecule has 2 unspecified atom stereocenters. The van der Waals surface area contributed by atoms with Gasteiger partial charge in [-0.15, -0.1) is 0 Å². The van der Waals surface area contributed by atoms with Gasteiger partial charge in [-0.05, 0) is 38.0 Å². The molecule has 2 rings (SSSR count). The third-order valence-electron chi connectivity index (χ3n) is 4.51. The number of hydrogen-bond donors (Lipinski definition) is 2. The van der Waals surface area contributed by atoms with Crippen molar-refractivity contribution in [3.05, 3.63) is 0 Å². The van der Waals surface area contributed by atoms with Crippen LogP contribution >= 0.6 is 0 Å². The Bertz CT molecular complexity index is 340. The SMILES string of the molecule is NC(CCC(=O)O)C(=O)N1CCCC1C1CCCC1. The molecule has 5 heteroatoms. The molecule has 0 bridgehead atoms. The standard InChI is InChI=1S/C14H24N2O3/c15-11(7-8-13(17)18)14(19)16-9-3-6-12(16)10-4-1-2-5-10/h10-12H,1-9,15H2,(H,17,18). The average molecular weight is 268 g/mol. The van der Waals surface area contributed by atoms with E-state index in [0.29, 0.717) is 12.0 Å². The summed E-state index contributed by atoms with van der Waals surface area (Å²) in [4.78, 5) is 24.8. The Morgan fingerprint density at radius 1 is 1.21 bits per heavy atom. The quantitative estimate of drug-likeness (QED) is 0.788. The minimum atomic E-state index is -0.892. The zero-order chi connectivity index (χ0) is 13.8. The summed E-state index contributed by atoms with van der Waals surface area (Å²) < 4.78 is 0. The van der Waals surface area contributed by atoms with Crippen molar-refractivity contribution < 1.29 is 14.7 Å². The van der Waals surface area contributed by atoms with Crippen molar-refractivity contribution in [3.63, 3.8) is 0 Å². The van der Waals surface area contributed by atoms with Crippen molar-refractivity contribution in [1.29, 1.82) is 0 Å². The molecule has 1 aliphatic carbocycles. The van der Waals surface area contributed by atoms with Crippen LogP contribution in [0.3, 0.4) is 0 Å². The lowest BCUT2D eigenvalue weighted by molar-refractivity contribution is -0.138. The number of nitrogens with zero attached hydrogens (tertiary/aromatic N) is 1. The molecule has 2 aliphatic rings. The van der Waals surface area contributed by atoms with E-state index >= 15 is 0 Å². The maximum absolute atomic E-state index is 12.3. The monoisotopic (exact) mass is 268 g/mol. The van der Waals surface area contributed by atoms with Crippen LogP contribution in [-0.4, -0.2) is 40.5 Å². The van der Waals surface area contributed by atoms with E-state index in [1.807, 2.05) is 4.90 Å². The maximum atomic E-state index is 12.3. The van der Waals surface area contributed by atoms with Gasteiger partial charge < -0.3 is 15.7 Å². The van der Waals surface area contributed by atoms with Crippen LogP contribution in [0.2, 0.25) is 0 Å². The van der Waals surface area contributed by atoms with Gasteiger partial charge in [-0.1, -0.05) is 12.8 Å². The van der Waals surface area contributed by atoms with Crippen molar-refractivity contribution in [1.82, 2.24) is 4.90 Å². The number of aliphatic carboxylic acids is 1. The molecule has 0 radical (unpaired) electrons. The molecule has 108 valence electrons. The highest BCUT2D eigenvalue weighted by atomic mass is 16.4. The molecule has 1 saturated carbocycles. The van der Waals surface area contributed by atoms with Gasteiger partial charge in [0.05, 0.1) is 6.04 Å². The van der Waals surface area contributed by atoms with E-state index in [0.717, 1.165) is 19.4 Å². The Kier molecular flexibility index (Phi) is 4.80. The largest absolute Gasteiger partial charge is 0.481 e. The maximum Gasteiger partial charge on any atom is 0.303 e. The van der Waals surface area contributed by atoms with Gasteiger partial charge in [-0.3, -0.25) is 9.59 Å². The van der Waals surface area contributed by atoms with E-state index in [-0.39, 0.29) is 18.7 Å². The molecule has 1 saturated heterocycles. The Balaban J connectivity index is 1.91. The first kappa shape index (κ1) is 14.3. The van der Waals surface area contributed by atoms with Gasteiger partial charge >= 0.3 is 5.97 Å². The highest BCUT2D eigenvalue weighted by Gasteiger charge is 2.37. The van der Waals surface area contributed by atoms with E-state index in [4.69, 9.17) is 10.8 Å². The zero-order valence-electron chi connectivity index (χ0n) is 11.4. The minimum Gasteiger partial charge on any atom is -0.481 e. The van der Waals surface area contributed by atoms with Crippen LogP contribution in [0.4, 0.5) is 0 Å². The molecular formula is C14H24N2O3. The first-order valence-corrected chi connectivity index (χ1v) is 7.37. The first-order valence-electron chi connectivity index (χ1n) is 7.37. The third-order valence-corrected chi connectivity index (χ3v) is 4.51. The summed E-state index contributed by atoms with van der Waals surface area (Å²) in [5, 5.41) is 8.65. The number of hydrogen-bond acceptors (Lipinski definition) is 3. The molecule has 2 fully saturated rings. The van der Waals surface area contributed by atoms with Gasteiger partial charge in [-0.25, -0.2) is 0 Å². The number of carbonyl (C=O) groups is 2. The van der Waals surface area contributed by atoms with E-state index in [1.165, 1.54) is 25.7 Å². The first-order chi connectivity index (χ1) is 9.09. The summed E-state index contributed by atoms with van der Waals surface area (Å²) in [5.41, 5.74) is 5.85. The van der Waals surface area contributed by atoms with Crippen molar-refractivity contribution in [3.8, 4) is 0 Å². The predicted molar refractivity (Wildman–Crippen MR) is 71.5 cm³/mol. The number of rotatable bonds is 5. The molecule has 0 aromatic carbocycles. The lowest BCUT2D eigenvalue weighted by Crippen LogP contribution is -2.48. The second kappa shape index (κ2) is 6.37. The number of nitrogens with two attached hydrogens (primary N) is 1. The lowest BCUT2D eigenvalue weighted by Gasteiger charge is -2.31. The fraction of sp³-hybridized carbons (Fsp3) is 0.857. The molecule has 2 atom stereocenters. The van der Waals surface area contributed by atoms with Crippen molar-refractivity contribution in [2.45, 2.75) is 63.5 Å². The number of carboxylic acid groups (broad SMARTS) is 1. The highest BCUT2D eigenvalue weighted by molar-refractivity contribution is 5.82. The van der Waals surface area contributed by atoms with Gasteiger partial charge in [0.15, 0.2) is 0 Å². The Labute approximate surface area is 114 Å². The van der Waals surface area contributed by atoms with E-state index in [9.17, 15) is 9.59 Å². The van der Waals surface area contributed by atoms with Crippen LogP contribution < -0.4 is 5.73 Å². The summed E-state index contributed by atoms with van der Waals surface area (Å²) in [5.74, 6) is -0.300. The smallest absolute Gasteiger partial charge is 0.303 e. The van der Waals surface area contributed by atoms with Crippen molar-refractivity contribution >= 4 is 11.9 Å². The number of carbonyl (C=O) groups excluding carboxylic acids is 1. The molecule has 0 aromatic heterocycles. The molecule has 1 amide bonds. The molecule has 0 aromatic rings. The summed E-state index contributed by atoms with van der Waals surface area (Å²) in [6, 6.07) is -0.302. The molecule has 3 N–H and O–H groups in total. The van der Waals surface area contributed by atoms with Gasteiger partial charge in [0, 0.05) is 19.0 Å². The van der Waals surface area contributed by atoms with E-state index in [2.05, 4.69) is 0 Å². The number of likely N-dealkylation sites (tertiary alicyclic amines) is 1. The predicted octanol–water partition coefficient (Wildman–Crippen LogP) is 1.36. The fourth-order valence-electron chi connectivity index (χ4n) is 3.51. The van der Waals surface area contributed by atoms with Crippen LogP contribution in [-0.2, 0) is 9.59 Å². The van der Waals surface area contributed by atoms with Gasteiger partial charge in [0.25, 0.3) is 0 Å². The van der Waals surface area contributed by atoms with Crippen LogP contribution in [0, 0.1) is 5.92 Å². The Hall–Kier alpha value is -1.10. The number of amides is 1. The summed E-state index contributed by atoms with van der Waals surface area (Å²) in [6.07, 6.45) is 7.33. The Morgan fingerprint density at radius 3 is 2.53 bits per heavy atom. The summed E-state index contributed by atoms with van der Waals surface area (Å²) in [6.45, 7) is 0.792. The lowest BCUT2D eigenvalue weighted by atomic mass is 9.95. The summed E-state index contributed by atoms with van der Waals surface area (Å²) >= 11 is 0. The summed E-state index contributed by atoms with van der Waals surface area (Å²) in [7, 11) is 0. The Morgan fingerprint density at radius 2 is 1.89 bits per heavy atom. The molecule has 1 aliphatic heterocycles. The molecule has 0 spiro atoms. The minimum absolute atomic E-state index is 0.0329. The number of carboxylic acids is 1. The van der Waals surface area contributed by atoms with Crippen LogP contribution in [0.15, 0.2) is 0 Å². The van der Waals surface area contributed by atoms with Gasteiger partial charge in [0.1, 0.15) is 0 Å². The molecular weight excluding hydrogens is 244 g/mol. The second-order valence-electron chi connectivity index (χ2n) is 5.82. The van der Waals surface area contributed by atoms with Crippen molar-refractivity contribution in [2.75, 3.05) is 6.54 Å². The van der Waals surface area contributed by atoms with Crippen LogP contribution in [0.1, 0.15) is 51.4 Å². The van der Waals surface area contributed by atoms with E-state index < -0.39 is 12.0 Å². The molecule has 5 nitrogen and oxygen atoms in total. The highest BCUT2D eigenvalue weighted by Crippen LogP contribution is 2.35. The second-order valence-corrected chi connectivity index (χ2v) is 5.82. The third kappa shape index (κ3) is 3.47. The van der Waals surface area contributed by atoms with E-state index in [1.54, 1.807) is 0 Å². The molecule has 1 heterocycles. The average Bonchev–Trinajstić information content (AvgIpc) is 3.03. The normalized spacial score (nSPS) is 25.7. The van der Waals surface area contributed by atoms with Crippen LogP contribution in [0.25, 0.3) is 0 Å². The van der Waals surface area contributed by atoms with Gasteiger partial charge in [-0.2, -0.15) is 0 Å². The molecule has 19 heavy (non-hydrogen) atoms. The fourth-order valence-corrected chi connectivity index (χ4v) is 3.51. The van der Waals surface area contributed by atoms with Gasteiger partial charge in [0.2, 0.25) is 5.91 Å². The zero-order valence-corrected chi connectivity index (χ0v) is 11.4. The van der Waals surface area contributed by atoms with Crippen molar-refractivity contribution in [2.24, 2.45) is 11.7 Å². The topological polar surface area (TPSA) is 83.6 Å².